The number of hydrogen-bond donors (Lipinski definition) is 0. The molecule has 0 aromatic carbocycles. The van der Waals surface area contributed by atoms with Crippen LogP contribution in [0.15, 0.2) is 0 Å². The molecule has 0 aliphatic rings. The van der Waals surface area contributed by atoms with Gasteiger partial charge in [-0.1, -0.05) is 34.8 Å². The van der Waals surface area contributed by atoms with Gasteiger partial charge in [0, 0.05) is 0 Å². The van der Waals surface area contributed by atoms with Crippen LogP contribution in [-0.2, 0) is 0 Å². The second-order valence-corrected chi connectivity index (χ2v) is 4.87. The number of rotatable bonds is 4. The summed E-state index contributed by atoms with van der Waals surface area (Å²) in [5, 5.41) is -18.1. The van der Waals surface area contributed by atoms with Gasteiger partial charge in [-0.05, 0) is 11.6 Å². The van der Waals surface area contributed by atoms with Crippen molar-refractivity contribution in [3.05, 3.63) is 0 Å². The lowest BCUT2D eigenvalue weighted by Crippen LogP contribution is -2.59. The molecule has 0 radical (unpaired) electrons. The van der Waals surface area contributed by atoms with Crippen molar-refractivity contribution in [3.8, 4) is 0 Å². The average Bonchev–Trinajstić information content (AvgIpc) is 2.01. The normalized spacial score (nSPS) is 25.2. The molecule has 0 heterocycles. The topological polar surface area (TPSA) is 0 Å². The molecule has 0 amide bonds. The fourth-order valence-electron chi connectivity index (χ4n) is 0.492. The van der Waals surface area contributed by atoms with E-state index in [1.54, 1.807) is 0 Å². The standard InChI is InChI=1S/C5H2Cl5F5/c6-1-2(7,11)3(8,12)4(9,13)5(10,14)15/h1H2. The highest BCUT2D eigenvalue weighted by Crippen LogP contribution is 2.57. The quantitative estimate of drug-likeness (QED) is 0.513. The van der Waals surface area contributed by atoms with Crippen LogP contribution < -0.4 is 0 Å². The van der Waals surface area contributed by atoms with Gasteiger partial charge in [-0.3, -0.25) is 0 Å². The van der Waals surface area contributed by atoms with Gasteiger partial charge in [0.05, 0.1) is 5.88 Å². The molecular weight excluding hydrogens is 332 g/mol. The minimum Gasteiger partial charge on any atom is -0.220 e. The zero-order chi connectivity index (χ0) is 12.7. The second-order valence-electron chi connectivity index (χ2n) is 2.48. The first-order valence-corrected chi connectivity index (χ1v) is 5.12. The summed E-state index contributed by atoms with van der Waals surface area (Å²) in [6.45, 7) is 0. The SMILES string of the molecule is FC(F)(Cl)C(F)(Cl)C(F)(Cl)C(F)(Cl)CCl. The largest absolute Gasteiger partial charge is 0.373 e. The summed E-state index contributed by atoms with van der Waals surface area (Å²) >= 11 is 22.6. The van der Waals surface area contributed by atoms with Gasteiger partial charge in [-0.15, -0.1) is 11.6 Å². The van der Waals surface area contributed by atoms with Crippen LogP contribution >= 0.6 is 58.0 Å². The van der Waals surface area contributed by atoms with Crippen LogP contribution in [0.3, 0.4) is 0 Å². The van der Waals surface area contributed by atoms with E-state index in [1.807, 2.05) is 0 Å². The molecule has 3 unspecified atom stereocenters. The zero-order valence-electron chi connectivity index (χ0n) is 6.49. The van der Waals surface area contributed by atoms with Crippen LogP contribution in [0.1, 0.15) is 0 Å². The van der Waals surface area contributed by atoms with Crippen molar-refractivity contribution in [2.45, 2.75) is 20.8 Å². The summed E-state index contributed by atoms with van der Waals surface area (Å²) in [7, 11) is 0. The molecule has 3 atom stereocenters. The molecule has 15 heavy (non-hydrogen) atoms. The van der Waals surface area contributed by atoms with E-state index in [2.05, 4.69) is 46.4 Å². The van der Waals surface area contributed by atoms with Crippen LogP contribution in [0.2, 0.25) is 0 Å². The molecule has 0 nitrogen and oxygen atoms in total. The van der Waals surface area contributed by atoms with E-state index in [-0.39, 0.29) is 0 Å². The lowest BCUT2D eigenvalue weighted by molar-refractivity contribution is -0.103. The van der Waals surface area contributed by atoms with Gasteiger partial charge in [0.1, 0.15) is 0 Å². The van der Waals surface area contributed by atoms with Crippen molar-refractivity contribution in [3.63, 3.8) is 0 Å². The monoisotopic (exact) mass is 332 g/mol. The molecule has 0 rings (SSSR count). The Bertz CT molecular complexity index is 234. The van der Waals surface area contributed by atoms with E-state index in [4.69, 9.17) is 11.6 Å². The molecule has 0 aliphatic heterocycles. The Morgan fingerprint density at radius 3 is 1.27 bits per heavy atom. The molecule has 0 fully saturated rings. The number of halogens is 10. The molecule has 92 valence electrons. The van der Waals surface area contributed by atoms with Crippen molar-refractivity contribution in [2.75, 3.05) is 5.88 Å². The highest BCUT2D eigenvalue weighted by Gasteiger charge is 2.75. The summed E-state index contributed by atoms with van der Waals surface area (Å²) in [5.41, 5.74) is 0. The molecule has 0 saturated heterocycles. The van der Waals surface area contributed by atoms with Crippen molar-refractivity contribution < 1.29 is 22.0 Å². The minimum absolute atomic E-state index is 1.42. The number of alkyl halides is 10. The van der Waals surface area contributed by atoms with Gasteiger partial charge in [-0.25, -0.2) is 13.2 Å². The van der Waals surface area contributed by atoms with E-state index in [0.717, 1.165) is 0 Å². The van der Waals surface area contributed by atoms with Crippen LogP contribution in [0.5, 0.6) is 0 Å². The predicted molar refractivity (Wildman–Crippen MR) is 50.6 cm³/mol. The molecule has 0 aromatic heterocycles. The summed E-state index contributed by atoms with van der Waals surface area (Å²) in [6.07, 6.45) is 0. The molecule has 0 spiro atoms. The van der Waals surface area contributed by atoms with Gasteiger partial charge in [-0.2, -0.15) is 8.78 Å². The summed E-state index contributed by atoms with van der Waals surface area (Å²) in [5.74, 6) is -1.42. The Labute approximate surface area is 107 Å². The Kier molecular flexibility index (Phi) is 4.73. The third-order valence-corrected chi connectivity index (χ3v) is 3.89. The predicted octanol–water partition coefficient (Wildman–Crippen LogP) is 4.77. The molecule has 10 heteroatoms. The van der Waals surface area contributed by atoms with Crippen LogP contribution in [0, 0.1) is 0 Å². The van der Waals surface area contributed by atoms with E-state index >= 15 is 0 Å². The van der Waals surface area contributed by atoms with E-state index in [1.165, 1.54) is 0 Å². The molecule has 0 aliphatic carbocycles. The van der Waals surface area contributed by atoms with Crippen molar-refractivity contribution >= 4 is 58.0 Å². The first-order valence-electron chi connectivity index (χ1n) is 3.07. The van der Waals surface area contributed by atoms with E-state index in [0.29, 0.717) is 0 Å². The highest BCUT2D eigenvalue weighted by molar-refractivity contribution is 6.43. The lowest BCUT2D eigenvalue weighted by atomic mass is 10.1. The second kappa shape index (κ2) is 4.41. The number of hydrogen-bond acceptors (Lipinski definition) is 0. The van der Waals surface area contributed by atoms with Crippen molar-refractivity contribution in [1.82, 2.24) is 0 Å². The van der Waals surface area contributed by atoms with E-state index in [9.17, 15) is 22.0 Å². The Hall–Kier alpha value is 1.10. The first-order chi connectivity index (χ1) is 6.31. The molecule has 0 N–H and O–H groups in total. The summed E-state index contributed by atoms with van der Waals surface area (Å²) in [6, 6.07) is 0. The van der Waals surface area contributed by atoms with Crippen LogP contribution in [0.4, 0.5) is 22.0 Å². The van der Waals surface area contributed by atoms with Crippen molar-refractivity contribution in [2.24, 2.45) is 0 Å². The smallest absolute Gasteiger partial charge is 0.220 e. The van der Waals surface area contributed by atoms with E-state index < -0.39 is 26.6 Å². The van der Waals surface area contributed by atoms with Gasteiger partial charge >= 0.3 is 10.5 Å². The maximum Gasteiger partial charge on any atom is 0.373 e. The zero-order valence-corrected chi connectivity index (χ0v) is 10.3. The fraction of sp³-hybridized carbons (Fsp3) is 1.00. The average molecular weight is 334 g/mol. The Balaban J connectivity index is 5.38. The van der Waals surface area contributed by atoms with Gasteiger partial charge < -0.3 is 0 Å². The summed E-state index contributed by atoms with van der Waals surface area (Å²) in [4.78, 5) is 0. The van der Waals surface area contributed by atoms with Gasteiger partial charge in [0.25, 0.3) is 5.13 Å². The van der Waals surface area contributed by atoms with Crippen molar-refractivity contribution in [1.29, 1.82) is 0 Å². The van der Waals surface area contributed by atoms with Crippen LogP contribution in [-0.4, -0.2) is 26.6 Å². The first kappa shape index (κ1) is 16.1. The fourth-order valence-corrected chi connectivity index (χ4v) is 1.44. The summed E-state index contributed by atoms with van der Waals surface area (Å²) < 4.78 is 64.0. The maximum atomic E-state index is 13.2. The maximum absolute atomic E-state index is 13.2. The Morgan fingerprint density at radius 2 is 1.07 bits per heavy atom. The lowest BCUT2D eigenvalue weighted by Gasteiger charge is -2.37. The van der Waals surface area contributed by atoms with Crippen LogP contribution in [0.25, 0.3) is 0 Å². The molecule has 0 bridgehead atoms. The molecule has 0 saturated carbocycles. The van der Waals surface area contributed by atoms with Gasteiger partial charge in [0.2, 0.25) is 5.13 Å². The minimum atomic E-state index is -4.98. The Morgan fingerprint density at radius 1 is 0.733 bits per heavy atom. The third kappa shape index (κ3) is 2.68. The highest BCUT2D eigenvalue weighted by atomic mass is 35.5. The third-order valence-electron chi connectivity index (χ3n) is 1.38. The van der Waals surface area contributed by atoms with Gasteiger partial charge in [0.15, 0.2) is 0 Å². The molecular formula is C5H2Cl5F5. The molecule has 0 aromatic rings.